The van der Waals surface area contributed by atoms with E-state index in [4.69, 9.17) is 9.72 Å². The van der Waals surface area contributed by atoms with Crippen molar-refractivity contribution in [3.63, 3.8) is 0 Å². The average Bonchev–Trinajstić information content (AvgIpc) is 3.72. The van der Waals surface area contributed by atoms with Crippen LogP contribution in [-0.4, -0.2) is 85.5 Å². The monoisotopic (exact) mass is 676 g/mol. The lowest BCUT2D eigenvalue weighted by atomic mass is 9.92. The predicted octanol–water partition coefficient (Wildman–Crippen LogP) is 4.94. The maximum absolute atomic E-state index is 14.2. The number of alkyl halides is 3. The number of H-pyrrole nitrogens is 2. The molecular weight excluding hydrogens is 641 g/mol. The first-order chi connectivity index (χ1) is 23.5. The highest BCUT2D eigenvalue weighted by Crippen LogP contribution is 2.36. The molecule has 1 saturated heterocycles. The number of nitrogens with zero attached hydrogens (tertiary/aromatic N) is 6. The van der Waals surface area contributed by atoms with Crippen molar-refractivity contribution in [1.82, 2.24) is 39.8 Å². The number of likely N-dealkylation sites (N-methyl/N-ethyl adjacent to an activating group) is 1. The molecule has 1 atom stereocenters. The van der Waals surface area contributed by atoms with Crippen LogP contribution in [-0.2, 0) is 30.5 Å². The van der Waals surface area contributed by atoms with Crippen LogP contribution in [0, 0.1) is 0 Å². The summed E-state index contributed by atoms with van der Waals surface area (Å²) < 4.78 is 53.4. The maximum Gasteiger partial charge on any atom is 0.439 e. The lowest BCUT2D eigenvalue weighted by molar-refractivity contribution is -0.138. The second-order valence-corrected chi connectivity index (χ2v) is 12.6. The van der Waals surface area contributed by atoms with Gasteiger partial charge in [-0.1, -0.05) is 24.2 Å². The molecule has 15 heteroatoms. The van der Waals surface area contributed by atoms with E-state index in [1.54, 1.807) is 35.5 Å². The molecule has 0 bridgehead atoms. The van der Waals surface area contributed by atoms with E-state index in [1.807, 2.05) is 24.9 Å². The molecule has 2 aliphatic heterocycles. The smallest absolute Gasteiger partial charge is 0.439 e. The number of aromatic nitrogens is 5. The molecule has 256 valence electrons. The molecule has 0 spiro atoms. The van der Waals surface area contributed by atoms with Crippen LogP contribution in [0.5, 0.6) is 11.5 Å². The largest absolute Gasteiger partial charge is 0.455 e. The molecular formula is C34H35F3N8O4. The van der Waals surface area contributed by atoms with Gasteiger partial charge in [0.05, 0.1) is 35.0 Å². The first kappa shape index (κ1) is 32.5. The Bertz CT molecular complexity index is 2050. The fourth-order valence-electron chi connectivity index (χ4n) is 6.54. The first-order valence-corrected chi connectivity index (χ1v) is 16.1. The van der Waals surface area contributed by atoms with Crippen molar-refractivity contribution in [2.45, 2.75) is 44.9 Å². The van der Waals surface area contributed by atoms with Crippen molar-refractivity contribution in [3.05, 3.63) is 87.3 Å². The second-order valence-electron chi connectivity index (χ2n) is 12.6. The fourth-order valence-corrected chi connectivity index (χ4v) is 6.54. The molecule has 1 aromatic carbocycles. The van der Waals surface area contributed by atoms with Crippen LogP contribution in [0.15, 0.2) is 58.1 Å². The minimum Gasteiger partial charge on any atom is -0.455 e. The molecule has 2 N–H and O–H groups in total. The topological polar surface area (TPSA) is 136 Å². The Balaban J connectivity index is 1.08. The molecule has 1 amide bonds. The van der Waals surface area contributed by atoms with Gasteiger partial charge in [-0.25, -0.2) is 9.78 Å². The number of halogens is 3. The molecule has 0 aliphatic carbocycles. The maximum atomic E-state index is 14.2. The standard InChI is InChI=1S/C34H35F3N8O4/c1-3-21-18-45(29(46)13-20-4-5-22(26(12-20)34(35,36)37)17-44-10-8-43(2)9-11-44)19-23-14-24(16-39-30(21)23)48-28-6-7-38-31-25(28)15-27(40-31)32-41-33(47)49-42-32/h4-7,12,14-16,21H,3,8-11,13,17-19H2,1-2H3,(H,38,40)(H,41,42,47)/t21-/m0/s1. The van der Waals surface area contributed by atoms with Crippen molar-refractivity contribution in [2.75, 3.05) is 39.8 Å². The summed E-state index contributed by atoms with van der Waals surface area (Å²) in [6, 6.07) is 9.56. The Kier molecular flexibility index (Phi) is 8.71. The molecule has 1 fully saturated rings. The molecule has 0 unspecified atom stereocenters. The number of amides is 1. The van der Waals surface area contributed by atoms with E-state index in [0.717, 1.165) is 36.8 Å². The zero-order chi connectivity index (χ0) is 34.3. The van der Waals surface area contributed by atoms with E-state index in [1.165, 1.54) is 6.07 Å². The highest BCUT2D eigenvalue weighted by molar-refractivity contribution is 5.87. The van der Waals surface area contributed by atoms with Crippen LogP contribution in [0.4, 0.5) is 13.2 Å². The molecule has 5 aromatic rings. The van der Waals surface area contributed by atoms with Gasteiger partial charge in [0.1, 0.15) is 17.1 Å². The van der Waals surface area contributed by atoms with Gasteiger partial charge in [-0.05, 0) is 54.4 Å². The number of rotatable bonds is 8. The number of ether oxygens (including phenoxy) is 1. The van der Waals surface area contributed by atoms with E-state index in [2.05, 4.69) is 29.5 Å². The minimum atomic E-state index is -4.53. The van der Waals surface area contributed by atoms with E-state index < -0.39 is 17.5 Å². The molecule has 7 rings (SSSR count). The quantitative estimate of drug-likeness (QED) is 0.234. The Morgan fingerprint density at radius 2 is 1.90 bits per heavy atom. The van der Waals surface area contributed by atoms with Crippen molar-refractivity contribution >= 4 is 16.9 Å². The van der Waals surface area contributed by atoms with Crippen LogP contribution in [0.25, 0.3) is 22.6 Å². The molecule has 6 heterocycles. The van der Waals surface area contributed by atoms with Crippen LogP contribution in [0.1, 0.15) is 47.2 Å². The lowest BCUT2D eigenvalue weighted by Crippen LogP contribution is -2.44. The normalized spacial score (nSPS) is 17.4. The number of nitrogens with one attached hydrogen (secondary N) is 2. The summed E-state index contributed by atoms with van der Waals surface area (Å²) in [5.74, 6) is 0.166. The minimum absolute atomic E-state index is 0.0390. The van der Waals surface area contributed by atoms with E-state index in [-0.39, 0.29) is 42.7 Å². The highest BCUT2D eigenvalue weighted by atomic mass is 19.4. The number of pyridine rings is 2. The summed E-state index contributed by atoms with van der Waals surface area (Å²) in [4.78, 5) is 45.5. The summed E-state index contributed by atoms with van der Waals surface area (Å²) in [7, 11) is 2.00. The summed E-state index contributed by atoms with van der Waals surface area (Å²) in [6.45, 7) is 5.94. The second kappa shape index (κ2) is 13.1. The fraction of sp³-hybridized carbons (Fsp3) is 0.382. The zero-order valence-corrected chi connectivity index (χ0v) is 27.0. The van der Waals surface area contributed by atoms with E-state index >= 15 is 0 Å². The predicted molar refractivity (Wildman–Crippen MR) is 173 cm³/mol. The van der Waals surface area contributed by atoms with Gasteiger partial charge in [-0.15, -0.1) is 0 Å². The summed E-state index contributed by atoms with van der Waals surface area (Å²) >= 11 is 0. The number of hydrogen-bond acceptors (Lipinski definition) is 9. The number of hydrogen-bond donors (Lipinski definition) is 2. The summed E-state index contributed by atoms with van der Waals surface area (Å²) in [5, 5.41) is 4.34. The van der Waals surface area contributed by atoms with Crippen molar-refractivity contribution in [2.24, 2.45) is 0 Å². The number of aromatic amines is 2. The van der Waals surface area contributed by atoms with E-state index in [9.17, 15) is 22.8 Å². The molecule has 49 heavy (non-hydrogen) atoms. The van der Waals surface area contributed by atoms with Crippen molar-refractivity contribution in [3.8, 4) is 23.0 Å². The van der Waals surface area contributed by atoms with Crippen LogP contribution < -0.4 is 10.5 Å². The van der Waals surface area contributed by atoms with Crippen molar-refractivity contribution in [1.29, 1.82) is 0 Å². The zero-order valence-electron chi connectivity index (χ0n) is 27.0. The third-order valence-corrected chi connectivity index (χ3v) is 9.25. The number of carbonyl (C=O) groups is 1. The van der Waals surface area contributed by atoms with Gasteiger partial charge >= 0.3 is 11.9 Å². The lowest BCUT2D eigenvalue weighted by Gasteiger charge is -2.34. The van der Waals surface area contributed by atoms with Crippen molar-refractivity contribution < 1.29 is 27.2 Å². The number of benzene rings is 1. The third kappa shape index (κ3) is 6.94. The molecule has 2 aliphatic rings. The van der Waals surface area contributed by atoms with Crippen LogP contribution in [0.3, 0.4) is 0 Å². The van der Waals surface area contributed by atoms with E-state index in [0.29, 0.717) is 53.4 Å². The third-order valence-electron chi connectivity index (χ3n) is 9.25. The molecule has 12 nitrogen and oxygen atoms in total. The summed E-state index contributed by atoms with van der Waals surface area (Å²) in [6.07, 6.45) is -0.737. The highest BCUT2D eigenvalue weighted by Gasteiger charge is 2.35. The molecule has 0 saturated carbocycles. The number of fused-ring (bicyclic) bond motifs is 2. The average molecular weight is 677 g/mol. The molecule has 0 radical (unpaired) electrons. The summed E-state index contributed by atoms with van der Waals surface area (Å²) in [5.41, 5.74) is 2.53. The Labute approximate surface area is 278 Å². The number of piperazine rings is 1. The van der Waals surface area contributed by atoms with Crippen LogP contribution >= 0.6 is 0 Å². The Morgan fingerprint density at radius 1 is 1.08 bits per heavy atom. The Hall–Kier alpha value is -5.02. The van der Waals surface area contributed by atoms with Gasteiger partial charge in [0.2, 0.25) is 5.91 Å². The van der Waals surface area contributed by atoms with Gasteiger partial charge in [-0.2, -0.15) is 13.2 Å². The molecule has 4 aromatic heterocycles. The van der Waals surface area contributed by atoms with Gasteiger partial charge in [0.25, 0.3) is 0 Å². The van der Waals surface area contributed by atoms with Gasteiger partial charge in [0, 0.05) is 57.9 Å². The van der Waals surface area contributed by atoms with Gasteiger partial charge < -0.3 is 19.5 Å². The number of carbonyl (C=O) groups excluding carboxylic acids is 1. The first-order valence-electron chi connectivity index (χ1n) is 16.1. The van der Waals surface area contributed by atoms with Gasteiger partial charge in [0.15, 0.2) is 5.82 Å². The Morgan fingerprint density at radius 3 is 2.63 bits per heavy atom. The van der Waals surface area contributed by atoms with Crippen LogP contribution in [0.2, 0.25) is 0 Å². The van der Waals surface area contributed by atoms with Gasteiger partial charge in [-0.3, -0.25) is 24.2 Å². The SMILES string of the molecule is CC[C@H]1CN(C(=O)Cc2ccc(CN3CCN(C)CC3)c(C(F)(F)F)c2)Cc2cc(Oc3ccnc4[nH]c(-c5noc(=O)[nH]5)cc34)cnc21.